The summed E-state index contributed by atoms with van der Waals surface area (Å²) in [7, 11) is 0. The van der Waals surface area contributed by atoms with Crippen LogP contribution in [-0.2, 0) is 4.74 Å². The predicted octanol–water partition coefficient (Wildman–Crippen LogP) is 7.55. The molecule has 0 unspecified atom stereocenters. The van der Waals surface area contributed by atoms with Crippen LogP contribution in [0.3, 0.4) is 0 Å². The zero-order valence-corrected chi connectivity index (χ0v) is 33.9. The van der Waals surface area contributed by atoms with Gasteiger partial charge in [-0.3, -0.25) is 0 Å². The lowest BCUT2D eigenvalue weighted by Crippen LogP contribution is -2.51. The van der Waals surface area contributed by atoms with Crippen molar-refractivity contribution in [1.82, 2.24) is 15.1 Å². The SMILES string of the molecule is CC(C)CCC[C@@H](C)[C@H]1CC[C@H]2[C@@H]3CC=C4C[C@@H](OC(=O)NCCCN(CCCN)CCCN(CCCN)CCCN)CC[C@]4(C)[C@H]3CC[C@]12C. The lowest BCUT2D eigenvalue weighted by molar-refractivity contribution is -0.0581. The Morgan fingerprint density at radius 1 is 0.804 bits per heavy atom. The van der Waals surface area contributed by atoms with Gasteiger partial charge in [0, 0.05) is 13.0 Å². The molecule has 8 atom stereocenters. The largest absolute Gasteiger partial charge is 0.446 e. The summed E-state index contributed by atoms with van der Waals surface area (Å²) < 4.78 is 6.08. The number of allylic oxidation sites excluding steroid dienone is 1. The predicted molar refractivity (Wildman–Crippen MR) is 214 cm³/mol. The third-order valence-corrected chi connectivity index (χ3v) is 14.4. The fourth-order valence-corrected chi connectivity index (χ4v) is 11.6. The summed E-state index contributed by atoms with van der Waals surface area (Å²) in [4.78, 5) is 18.0. The standard InChI is InChI=1S/C43H82N6O2/c1-33(2)12-6-13-34(3)38-16-17-39-37-15-14-35-32-36(18-20-42(35,4)40(37)19-21-43(38,39)5)51-41(50)47-25-10-29-49(28-9-24-46)31-11-30-48(26-7-22-44)27-8-23-45/h14,33-34,36-40H,6-13,15-32,44-46H2,1-5H3,(H,47,50)/t34-,36+,37+,38-,39+,40+,42+,43-/m1/s1. The molecule has 0 bridgehead atoms. The first-order valence-corrected chi connectivity index (χ1v) is 21.7. The van der Waals surface area contributed by atoms with E-state index in [1.165, 1.54) is 51.4 Å². The van der Waals surface area contributed by atoms with E-state index < -0.39 is 0 Å². The summed E-state index contributed by atoms with van der Waals surface area (Å²) in [5.74, 6) is 5.09. The van der Waals surface area contributed by atoms with Crippen molar-refractivity contribution in [3.05, 3.63) is 11.6 Å². The van der Waals surface area contributed by atoms with Crippen molar-refractivity contribution in [1.29, 1.82) is 0 Å². The molecule has 7 N–H and O–H groups in total. The van der Waals surface area contributed by atoms with Gasteiger partial charge in [0.15, 0.2) is 0 Å². The van der Waals surface area contributed by atoms with Crippen LogP contribution in [0.2, 0.25) is 0 Å². The van der Waals surface area contributed by atoms with Crippen LogP contribution in [0.15, 0.2) is 11.6 Å². The third kappa shape index (κ3) is 11.7. The van der Waals surface area contributed by atoms with Gasteiger partial charge in [0.05, 0.1) is 0 Å². The van der Waals surface area contributed by atoms with Crippen molar-refractivity contribution in [2.45, 2.75) is 143 Å². The zero-order chi connectivity index (χ0) is 36.9. The average molecular weight is 715 g/mol. The molecule has 0 spiro atoms. The normalized spacial score (nSPS) is 31.0. The van der Waals surface area contributed by atoms with Gasteiger partial charge < -0.3 is 37.1 Å². The highest BCUT2D eigenvalue weighted by atomic mass is 16.6. The van der Waals surface area contributed by atoms with Crippen LogP contribution in [-0.4, -0.2) is 87.4 Å². The van der Waals surface area contributed by atoms with Crippen LogP contribution in [0.4, 0.5) is 4.79 Å². The molecule has 4 aliphatic carbocycles. The van der Waals surface area contributed by atoms with E-state index in [1.807, 2.05) is 0 Å². The molecule has 3 fully saturated rings. The van der Waals surface area contributed by atoms with E-state index in [9.17, 15) is 4.79 Å². The maximum atomic E-state index is 13.0. The van der Waals surface area contributed by atoms with Gasteiger partial charge in [-0.15, -0.1) is 0 Å². The average Bonchev–Trinajstić information content (AvgIpc) is 3.46. The molecule has 51 heavy (non-hydrogen) atoms. The Labute approximate surface area is 314 Å². The molecule has 0 aromatic rings. The van der Waals surface area contributed by atoms with E-state index in [4.69, 9.17) is 21.9 Å². The molecule has 296 valence electrons. The monoisotopic (exact) mass is 715 g/mol. The van der Waals surface area contributed by atoms with Gasteiger partial charge in [-0.25, -0.2) is 4.79 Å². The number of nitrogens with zero attached hydrogens (tertiary/aromatic N) is 2. The first-order valence-electron chi connectivity index (χ1n) is 21.7. The van der Waals surface area contributed by atoms with Crippen molar-refractivity contribution in [3.8, 4) is 0 Å². The molecule has 0 radical (unpaired) electrons. The van der Waals surface area contributed by atoms with Gasteiger partial charge >= 0.3 is 6.09 Å². The Balaban J connectivity index is 1.20. The Morgan fingerprint density at radius 3 is 2.06 bits per heavy atom. The summed E-state index contributed by atoms with van der Waals surface area (Å²) in [5, 5.41) is 3.09. The summed E-state index contributed by atoms with van der Waals surface area (Å²) in [6.45, 7) is 21.6. The highest BCUT2D eigenvalue weighted by molar-refractivity contribution is 5.67. The molecule has 0 saturated heterocycles. The number of carbonyl (C=O) groups excluding carboxylic acids is 1. The number of alkyl carbamates (subject to hydrolysis) is 1. The van der Waals surface area contributed by atoms with Crippen LogP contribution < -0.4 is 22.5 Å². The molecule has 0 aromatic heterocycles. The van der Waals surface area contributed by atoms with Crippen LogP contribution >= 0.6 is 0 Å². The Bertz CT molecular complexity index is 1050. The molecule has 4 rings (SSSR count). The van der Waals surface area contributed by atoms with E-state index in [0.29, 0.717) is 18.5 Å². The number of hydrogen-bond donors (Lipinski definition) is 4. The topological polar surface area (TPSA) is 123 Å². The number of rotatable bonds is 23. The van der Waals surface area contributed by atoms with Gasteiger partial charge in [0.1, 0.15) is 6.10 Å². The summed E-state index contributed by atoms with van der Waals surface area (Å²) in [6.07, 6.45) is 21.6. The molecule has 4 aliphatic rings. The summed E-state index contributed by atoms with van der Waals surface area (Å²) >= 11 is 0. The maximum Gasteiger partial charge on any atom is 0.407 e. The Morgan fingerprint density at radius 2 is 1.43 bits per heavy atom. The fourth-order valence-electron chi connectivity index (χ4n) is 11.6. The van der Waals surface area contributed by atoms with Crippen molar-refractivity contribution < 1.29 is 9.53 Å². The van der Waals surface area contributed by atoms with Crippen molar-refractivity contribution >= 4 is 6.09 Å². The third-order valence-electron chi connectivity index (χ3n) is 14.4. The second kappa shape index (κ2) is 21.0. The number of amides is 1. The van der Waals surface area contributed by atoms with Crippen LogP contribution in [0.5, 0.6) is 0 Å². The maximum absolute atomic E-state index is 13.0. The van der Waals surface area contributed by atoms with Crippen molar-refractivity contribution in [3.63, 3.8) is 0 Å². The zero-order valence-electron chi connectivity index (χ0n) is 33.9. The summed E-state index contributed by atoms with van der Waals surface area (Å²) in [6, 6.07) is 0. The number of nitrogens with two attached hydrogens (primary N) is 3. The minimum atomic E-state index is -0.241. The molecular formula is C43H82N6O2. The van der Waals surface area contributed by atoms with E-state index >= 15 is 0 Å². The van der Waals surface area contributed by atoms with E-state index in [0.717, 1.165) is 139 Å². The molecule has 0 aromatic carbocycles. The highest BCUT2D eigenvalue weighted by Gasteiger charge is 2.59. The highest BCUT2D eigenvalue weighted by Crippen LogP contribution is 2.67. The number of nitrogens with one attached hydrogen (secondary N) is 1. The van der Waals surface area contributed by atoms with Gasteiger partial charge in [-0.2, -0.15) is 0 Å². The number of hydrogen-bond acceptors (Lipinski definition) is 7. The van der Waals surface area contributed by atoms with Gasteiger partial charge in [-0.1, -0.05) is 65.5 Å². The van der Waals surface area contributed by atoms with Gasteiger partial charge in [0.25, 0.3) is 0 Å². The molecule has 3 saturated carbocycles. The fraction of sp³-hybridized carbons (Fsp3) is 0.930. The number of ether oxygens (including phenoxy) is 1. The second-order valence-corrected chi connectivity index (χ2v) is 18.3. The van der Waals surface area contributed by atoms with Crippen LogP contribution in [0, 0.1) is 46.3 Å². The van der Waals surface area contributed by atoms with E-state index in [-0.39, 0.29) is 17.6 Å². The number of fused-ring (bicyclic) bond motifs is 5. The first kappa shape index (κ1) is 42.6. The van der Waals surface area contributed by atoms with Crippen LogP contribution in [0.25, 0.3) is 0 Å². The Hall–Kier alpha value is -1.19. The quantitative estimate of drug-likeness (QED) is 0.0637. The molecular weight excluding hydrogens is 633 g/mol. The van der Waals surface area contributed by atoms with Crippen molar-refractivity contribution in [2.75, 3.05) is 65.4 Å². The molecule has 8 heteroatoms. The minimum absolute atomic E-state index is 0.000166. The van der Waals surface area contributed by atoms with Crippen LogP contribution in [0.1, 0.15) is 137 Å². The lowest BCUT2D eigenvalue weighted by Gasteiger charge is -2.58. The van der Waals surface area contributed by atoms with Gasteiger partial charge in [-0.05, 0) is 182 Å². The van der Waals surface area contributed by atoms with Gasteiger partial charge in [0.2, 0.25) is 0 Å². The van der Waals surface area contributed by atoms with E-state index in [2.05, 4.69) is 55.8 Å². The molecule has 1 amide bonds. The van der Waals surface area contributed by atoms with Crippen molar-refractivity contribution in [2.24, 2.45) is 63.5 Å². The van der Waals surface area contributed by atoms with E-state index in [1.54, 1.807) is 5.57 Å². The molecule has 0 aliphatic heterocycles. The molecule has 0 heterocycles. The smallest absolute Gasteiger partial charge is 0.407 e. The summed E-state index contributed by atoms with van der Waals surface area (Å²) in [5.41, 5.74) is 19.8. The number of carbonyl (C=O) groups is 1. The molecule has 8 nitrogen and oxygen atoms in total. The minimum Gasteiger partial charge on any atom is -0.446 e. The second-order valence-electron chi connectivity index (χ2n) is 18.3. The Kier molecular flexibility index (Phi) is 17.6. The lowest BCUT2D eigenvalue weighted by atomic mass is 9.47. The first-order chi connectivity index (χ1) is 24.5.